The smallest absolute Gasteiger partial charge is 0.296 e. The number of nitro groups is 1. The number of aromatic nitrogens is 3. The molecule has 0 aliphatic heterocycles. The summed E-state index contributed by atoms with van der Waals surface area (Å²) in [7, 11) is 1.41. The molecule has 1 aromatic heterocycles. The second kappa shape index (κ2) is 10.8. The van der Waals surface area contributed by atoms with Gasteiger partial charge in [-0.25, -0.2) is 0 Å². The maximum absolute atomic E-state index is 12.4. The van der Waals surface area contributed by atoms with Gasteiger partial charge in [-0.15, -0.1) is 10.2 Å². The van der Waals surface area contributed by atoms with E-state index in [1.54, 1.807) is 24.3 Å². The predicted octanol–water partition coefficient (Wildman–Crippen LogP) is 4.18. The first-order valence-corrected chi connectivity index (χ1v) is 10.8. The number of carbonyl (C=O) groups is 1. The third-order valence-electron chi connectivity index (χ3n) is 4.30. The van der Waals surface area contributed by atoms with Crippen molar-refractivity contribution in [2.75, 3.05) is 18.2 Å². The van der Waals surface area contributed by atoms with Gasteiger partial charge in [0.05, 0.1) is 23.9 Å². The van der Waals surface area contributed by atoms with Crippen LogP contribution in [-0.4, -0.2) is 38.5 Å². The fourth-order valence-corrected chi connectivity index (χ4v) is 3.69. The predicted molar refractivity (Wildman–Crippen MR) is 120 cm³/mol. The number of anilines is 1. The number of nitrogens with one attached hydrogen (secondary N) is 1. The Morgan fingerprint density at radius 3 is 2.59 bits per heavy atom. The molecule has 32 heavy (non-hydrogen) atoms. The fourth-order valence-electron chi connectivity index (χ4n) is 2.74. The van der Waals surface area contributed by atoms with Crippen LogP contribution in [0.1, 0.15) is 12.7 Å². The Morgan fingerprint density at radius 2 is 1.94 bits per heavy atom. The standard InChI is InChI=1S/C20H20ClN5O5S/c1-3-25-18(11-31-14-6-4-13(21)5-7-14)23-24-20(25)32-12-19(27)22-16-9-8-15(30-2)10-17(16)26(28)29/h4-10H,3,11-12H2,1-2H3,(H,22,27). The molecule has 12 heteroatoms. The van der Waals surface area contributed by atoms with Gasteiger partial charge in [0.25, 0.3) is 5.69 Å². The van der Waals surface area contributed by atoms with E-state index in [2.05, 4.69) is 15.5 Å². The maximum atomic E-state index is 12.4. The van der Waals surface area contributed by atoms with Gasteiger partial charge in [-0.05, 0) is 43.3 Å². The third-order valence-corrected chi connectivity index (χ3v) is 5.52. The van der Waals surface area contributed by atoms with Gasteiger partial charge < -0.3 is 19.4 Å². The summed E-state index contributed by atoms with van der Waals surface area (Å²) < 4.78 is 12.6. The van der Waals surface area contributed by atoms with Gasteiger partial charge in [0, 0.05) is 11.6 Å². The fraction of sp³-hybridized carbons (Fsp3) is 0.250. The summed E-state index contributed by atoms with van der Waals surface area (Å²) >= 11 is 7.05. The Morgan fingerprint density at radius 1 is 1.22 bits per heavy atom. The molecule has 0 saturated carbocycles. The van der Waals surface area contributed by atoms with Crippen LogP contribution in [0.4, 0.5) is 11.4 Å². The molecule has 0 spiro atoms. The molecule has 0 atom stereocenters. The lowest BCUT2D eigenvalue weighted by Crippen LogP contribution is -2.16. The number of nitro benzene ring substituents is 1. The minimum Gasteiger partial charge on any atom is -0.496 e. The summed E-state index contributed by atoms with van der Waals surface area (Å²) in [6.45, 7) is 2.72. The van der Waals surface area contributed by atoms with E-state index < -0.39 is 10.8 Å². The zero-order valence-electron chi connectivity index (χ0n) is 17.3. The quantitative estimate of drug-likeness (QED) is 0.262. The van der Waals surface area contributed by atoms with Crippen molar-refractivity contribution >= 4 is 40.6 Å². The van der Waals surface area contributed by atoms with E-state index in [0.717, 1.165) is 0 Å². The van der Waals surface area contributed by atoms with Crippen LogP contribution in [0.5, 0.6) is 11.5 Å². The Labute approximate surface area is 193 Å². The average Bonchev–Trinajstić information content (AvgIpc) is 3.19. The monoisotopic (exact) mass is 477 g/mol. The van der Waals surface area contributed by atoms with E-state index >= 15 is 0 Å². The van der Waals surface area contributed by atoms with Gasteiger partial charge in [0.1, 0.15) is 23.8 Å². The molecule has 1 heterocycles. The summed E-state index contributed by atoms with van der Waals surface area (Å²) in [5.41, 5.74) is -0.156. The molecule has 0 aliphatic carbocycles. The van der Waals surface area contributed by atoms with Crippen molar-refractivity contribution in [3.63, 3.8) is 0 Å². The lowest BCUT2D eigenvalue weighted by Gasteiger charge is -2.09. The molecule has 0 unspecified atom stereocenters. The van der Waals surface area contributed by atoms with Crippen LogP contribution in [0, 0.1) is 10.1 Å². The van der Waals surface area contributed by atoms with Crippen molar-refractivity contribution in [1.29, 1.82) is 0 Å². The first-order chi connectivity index (χ1) is 15.4. The Balaban J connectivity index is 1.61. The first kappa shape index (κ1) is 23.4. The van der Waals surface area contributed by atoms with Gasteiger partial charge in [-0.3, -0.25) is 14.9 Å². The molecule has 168 valence electrons. The van der Waals surface area contributed by atoms with Crippen molar-refractivity contribution in [2.24, 2.45) is 0 Å². The molecule has 3 rings (SSSR count). The van der Waals surface area contributed by atoms with E-state index in [1.165, 1.54) is 37.1 Å². The van der Waals surface area contributed by atoms with Crippen LogP contribution in [-0.2, 0) is 17.9 Å². The highest BCUT2D eigenvalue weighted by Gasteiger charge is 2.19. The molecule has 10 nitrogen and oxygen atoms in total. The SMILES string of the molecule is CCn1c(COc2ccc(Cl)cc2)nnc1SCC(=O)Nc1ccc(OC)cc1[N+](=O)[O-]. The van der Waals surface area contributed by atoms with Crippen LogP contribution < -0.4 is 14.8 Å². The third kappa shape index (κ3) is 5.89. The largest absolute Gasteiger partial charge is 0.496 e. The van der Waals surface area contributed by atoms with Gasteiger partial charge in [-0.2, -0.15) is 0 Å². The second-order valence-electron chi connectivity index (χ2n) is 6.36. The van der Waals surface area contributed by atoms with Crippen molar-refractivity contribution in [2.45, 2.75) is 25.2 Å². The molecule has 3 aromatic rings. The van der Waals surface area contributed by atoms with Crippen LogP contribution in [0.3, 0.4) is 0 Å². The number of thioether (sulfide) groups is 1. The number of carbonyl (C=O) groups excluding carboxylic acids is 1. The van der Waals surface area contributed by atoms with Crippen molar-refractivity contribution in [3.05, 3.63) is 63.4 Å². The number of nitrogens with zero attached hydrogens (tertiary/aromatic N) is 4. The summed E-state index contributed by atoms with van der Waals surface area (Å²) in [5, 5.41) is 23.3. The number of hydrogen-bond donors (Lipinski definition) is 1. The van der Waals surface area contributed by atoms with Gasteiger partial charge in [-0.1, -0.05) is 23.4 Å². The highest BCUT2D eigenvalue weighted by atomic mass is 35.5. The topological polar surface area (TPSA) is 121 Å². The molecule has 0 saturated heterocycles. The normalized spacial score (nSPS) is 10.6. The summed E-state index contributed by atoms with van der Waals surface area (Å²) in [6.07, 6.45) is 0. The Bertz CT molecular complexity index is 1110. The Hall–Kier alpha value is -3.31. The number of hydrogen-bond acceptors (Lipinski definition) is 8. The minimum atomic E-state index is -0.577. The maximum Gasteiger partial charge on any atom is 0.296 e. The van der Waals surface area contributed by atoms with Crippen LogP contribution in [0.2, 0.25) is 5.02 Å². The lowest BCUT2D eigenvalue weighted by atomic mass is 10.2. The molecule has 0 bridgehead atoms. The van der Waals surface area contributed by atoms with E-state index in [-0.39, 0.29) is 23.7 Å². The molecular formula is C20H20ClN5O5S. The number of methoxy groups -OCH3 is 1. The molecule has 2 aromatic carbocycles. The highest BCUT2D eigenvalue weighted by Crippen LogP contribution is 2.29. The highest BCUT2D eigenvalue weighted by molar-refractivity contribution is 7.99. The zero-order chi connectivity index (χ0) is 23.1. The first-order valence-electron chi connectivity index (χ1n) is 9.46. The molecule has 1 N–H and O–H groups in total. The summed E-state index contributed by atoms with van der Waals surface area (Å²) in [5.74, 6) is 1.17. The lowest BCUT2D eigenvalue weighted by molar-refractivity contribution is -0.384. The Kier molecular flexibility index (Phi) is 7.90. The molecular weight excluding hydrogens is 458 g/mol. The molecule has 1 amide bonds. The number of rotatable bonds is 10. The number of halogens is 1. The second-order valence-corrected chi connectivity index (χ2v) is 7.74. The van der Waals surface area contributed by atoms with E-state index in [0.29, 0.717) is 34.0 Å². The zero-order valence-corrected chi connectivity index (χ0v) is 18.9. The summed E-state index contributed by atoms with van der Waals surface area (Å²) in [6, 6.07) is 11.2. The van der Waals surface area contributed by atoms with Crippen molar-refractivity contribution < 1.29 is 19.2 Å². The number of amides is 1. The van der Waals surface area contributed by atoms with E-state index in [4.69, 9.17) is 21.1 Å². The number of ether oxygens (including phenoxy) is 2. The van der Waals surface area contributed by atoms with Crippen molar-refractivity contribution in [3.8, 4) is 11.5 Å². The minimum absolute atomic E-state index is 0.000637. The summed E-state index contributed by atoms with van der Waals surface area (Å²) in [4.78, 5) is 23.1. The molecule has 0 radical (unpaired) electrons. The van der Waals surface area contributed by atoms with E-state index in [9.17, 15) is 14.9 Å². The molecule has 0 aliphatic rings. The van der Waals surface area contributed by atoms with Crippen LogP contribution >= 0.6 is 23.4 Å². The van der Waals surface area contributed by atoms with Crippen LogP contribution in [0.15, 0.2) is 47.6 Å². The molecule has 0 fully saturated rings. The van der Waals surface area contributed by atoms with Crippen molar-refractivity contribution in [1.82, 2.24) is 14.8 Å². The van der Waals surface area contributed by atoms with Gasteiger partial charge in [0.15, 0.2) is 11.0 Å². The van der Waals surface area contributed by atoms with Crippen LogP contribution in [0.25, 0.3) is 0 Å². The van der Waals surface area contributed by atoms with Gasteiger partial charge in [0.2, 0.25) is 5.91 Å². The number of benzene rings is 2. The average molecular weight is 478 g/mol. The van der Waals surface area contributed by atoms with Gasteiger partial charge >= 0.3 is 0 Å². The van der Waals surface area contributed by atoms with E-state index in [1.807, 2.05) is 11.5 Å².